The Labute approximate surface area is 123 Å². The Morgan fingerprint density at radius 3 is 2.29 bits per heavy atom. The lowest BCUT2D eigenvalue weighted by molar-refractivity contribution is 0.413. The molecule has 1 fully saturated rings. The Morgan fingerprint density at radius 1 is 1.05 bits per heavy atom. The van der Waals surface area contributed by atoms with Crippen molar-refractivity contribution in [2.75, 3.05) is 11.4 Å². The number of rotatable bonds is 2. The van der Waals surface area contributed by atoms with Gasteiger partial charge in [0.05, 0.1) is 11.6 Å². The molecule has 1 unspecified atom stereocenters. The molecule has 1 aromatic heterocycles. The summed E-state index contributed by atoms with van der Waals surface area (Å²) >= 11 is 0. The fourth-order valence-corrected chi connectivity index (χ4v) is 2.75. The molecule has 110 valence electrons. The van der Waals surface area contributed by atoms with E-state index in [2.05, 4.69) is 41.2 Å². The summed E-state index contributed by atoms with van der Waals surface area (Å²) in [5.41, 5.74) is 2.75. The fraction of sp³-hybridized carbons (Fsp3) is 0.375. The molecule has 0 saturated carbocycles. The van der Waals surface area contributed by atoms with Crippen molar-refractivity contribution >= 4 is 5.95 Å². The topological polar surface area (TPSA) is 69.5 Å². The SMILES string of the molecule is Cc1ccc(C2CCCN2c2nc(O)c(C)c(O)n2)cc1. The summed E-state index contributed by atoms with van der Waals surface area (Å²) in [6.45, 7) is 4.48. The molecule has 0 bridgehead atoms. The third kappa shape index (κ3) is 2.51. The monoisotopic (exact) mass is 285 g/mol. The van der Waals surface area contributed by atoms with Gasteiger partial charge in [-0.1, -0.05) is 29.8 Å². The molecule has 1 aromatic carbocycles. The first-order valence-corrected chi connectivity index (χ1v) is 7.16. The van der Waals surface area contributed by atoms with Crippen LogP contribution in [0.2, 0.25) is 0 Å². The van der Waals surface area contributed by atoms with Crippen LogP contribution in [0.25, 0.3) is 0 Å². The molecule has 2 N–H and O–H groups in total. The molecule has 1 aliphatic heterocycles. The molecule has 0 radical (unpaired) electrons. The van der Waals surface area contributed by atoms with E-state index in [0.29, 0.717) is 11.5 Å². The van der Waals surface area contributed by atoms with Gasteiger partial charge < -0.3 is 15.1 Å². The molecule has 1 aliphatic rings. The summed E-state index contributed by atoms with van der Waals surface area (Å²) in [7, 11) is 0. The van der Waals surface area contributed by atoms with Crippen molar-refractivity contribution in [1.82, 2.24) is 9.97 Å². The van der Waals surface area contributed by atoms with E-state index in [1.54, 1.807) is 6.92 Å². The lowest BCUT2D eigenvalue weighted by Crippen LogP contribution is -2.24. The number of benzene rings is 1. The highest BCUT2D eigenvalue weighted by molar-refractivity contribution is 5.45. The highest BCUT2D eigenvalue weighted by Crippen LogP contribution is 2.36. The molecule has 21 heavy (non-hydrogen) atoms. The second-order valence-corrected chi connectivity index (χ2v) is 5.56. The number of anilines is 1. The summed E-state index contributed by atoms with van der Waals surface area (Å²) in [5, 5.41) is 19.6. The van der Waals surface area contributed by atoms with Crippen LogP contribution in [0.15, 0.2) is 24.3 Å². The van der Waals surface area contributed by atoms with Gasteiger partial charge in [0.2, 0.25) is 17.7 Å². The summed E-state index contributed by atoms with van der Waals surface area (Å²) in [5.74, 6) is 0.0674. The van der Waals surface area contributed by atoms with E-state index in [-0.39, 0.29) is 17.8 Å². The Kier molecular flexibility index (Phi) is 3.41. The maximum absolute atomic E-state index is 9.80. The Morgan fingerprint density at radius 2 is 1.67 bits per heavy atom. The number of hydrogen-bond acceptors (Lipinski definition) is 5. The smallest absolute Gasteiger partial charge is 0.232 e. The van der Waals surface area contributed by atoms with Crippen LogP contribution in [0.4, 0.5) is 5.95 Å². The quantitative estimate of drug-likeness (QED) is 0.888. The number of aryl methyl sites for hydroxylation is 1. The van der Waals surface area contributed by atoms with Gasteiger partial charge in [-0.05, 0) is 32.3 Å². The minimum absolute atomic E-state index is 0.160. The van der Waals surface area contributed by atoms with Gasteiger partial charge in [-0.3, -0.25) is 0 Å². The second kappa shape index (κ2) is 5.24. The average molecular weight is 285 g/mol. The second-order valence-electron chi connectivity index (χ2n) is 5.56. The van der Waals surface area contributed by atoms with Crippen molar-refractivity contribution in [3.05, 3.63) is 41.0 Å². The number of aromatic nitrogens is 2. The zero-order valence-electron chi connectivity index (χ0n) is 12.2. The van der Waals surface area contributed by atoms with Crippen LogP contribution < -0.4 is 4.90 Å². The van der Waals surface area contributed by atoms with E-state index in [1.165, 1.54) is 11.1 Å². The van der Waals surface area contributed by atoms with Crippen LogP contribution in [-0.4, -0.2) is 26.7 Å². The van der Waals surface area contributed by atoms with E-state index in [1.807, 2.05) is 4.90 Å². The third-order valence-corrected chi connectivity index (χ3v) is 4.05. The van der Waals surface area contributed by atoms with Crippen molar-refractivity contribution < 1.29 is 10.2 Å². The number of aromatic hydroxyl groups is 2. The van der Waals surface area contributed by atoms with Gasteiger partial charge in [0.15, 0.2) is 0 Å². The van der Waals surface area contributed by atoms with Crippen LogP contribution in [0.3, 0.4) is 0 Å². The molecule has 0 aliphatic carbocycles. The molecule has 0 amide bonds. The molecular formula is C16H19N3O2. The summed E-state index contributed by atoms with van der Waals surface area (Å²) < 4.78 is 0. The van der Waals surface area contributed by atoms with E-state index in [0.717, 1.165) is 19.4 Å². The summed E-state index contributed by atoms with van der Waals surface area (Å²) in [4.78, 5) is 10.3. The Balaban J connectivity index is 1.95. The molecule has 1 saturated heterocycles. The van der Waals surface area contributed by atoms with E-state index in [4.69, 9.17) is 0 Å². The highest BCUT2D eigenvalue weighted by atomic mass is 16.3. The largest absolute Gasteiger partial charge is 0.493 e. The van der Waals surface area contributed by atoms with Gasteiger partial charge in [-0.15, -0.1) is 0 Å². The van der Waals surface area contributed by atoms with Crippen LogP contribution in [0.5, 0.6) is 11.8 Å². The lowest BCUT2D eigenvalue weighted by atomic mass is 10.0. The van der Waals surface area contributed by atoms with E-state index < -0.39 is 0 Å². The van der Waals surface area contributed by atoms with Gasteiger partial charge in [-0.2, -0.15) is 9.97 Å². The van der Waals surface area contributed by atoms with Crippen molar-refractivity contribution in [3.8, 4) is 11.8 Å². The Bertz CT molecular complexity index is 632. The fourth-order valence-electron chi connectivity index (χ4n) is 2.75. The van der Waals surface area contributed by atoms with Crippen LogP contribution >= 0.6 is 0 Å². The Hall–Kier alpha value is -2.30. The normalized spacial score (nSPS) is 18.2. The maximum Gasteiger partial charge on any atom is 0.232 e. The molecule has 1 atom stereocenters. The minimum atomic E-state index is -0.160. The number of hydrogen-bond donors (Lipinski definition) is 2. The van der Waals surface area contributed by atoms with Crippen molar-refractivity contribution in [2.45, 2.75) is 32.7 Å². The van der Waals surface area contributed by atoms with Crippen LogP contribution in [0.1, 0.15) is 35.6 Å². The molecule has 3 rings (SSSR count). The van der Waals surface area contributed by atoms with Crippen molar-refractivity contribution in [2.24, 2.45) is 0 Å². The molecule has 5 heteroatoms. The predicted octanol–water partition coefficient (Wildman–Crippen LogP) is 2.85. The van der Waals surface area contributed by atoms with Gasteiger partial charge >= 0.3 is 0 Å². The maximum atomic E-state index is 9.80. The van der Waals surface area contributed by atoms with Gasteiger partial charge in [0, 0.05) is 6.54 Å². The standard InChI is InChI=1S/C16H19N3O2/c1-10-5-7-12(8-6-10)13-4-3-9-19(13)16-17-14(20)11(2)15(21)18-16/h5-8,13H,3-4,9H2,1-2H3,(H2,17,18,20,21). The number of nitrogens with zero attached hydrogens (tertiary/aromatic N) is 3. The molecular weight excluding hydrogens is 266 g/mol. The summed E-state index contributed by atoms with van der Waals surface area (Å²) in [6.07, 6.45) is 2.05. The van der Waals surface area contributed by atoms with Gasteiger partial charge in [-0.25, -0.2) is 0 Å². The first-order valence-electron chi connectivity index (χ1n) is 7.16. The molecule has 5 nitrogen and oxygen atoms in total. The zero-order valence-corrected chi connectivity index (χ0v) is 12.2. The first kappa shape index (κ1) is 13.7. The predicted molar refractivity (Wildman–Crippen MR) is 80.6 cm³/mol. The van der Waals surface area contributed by atoms with Crippen LogP contribution in [-0.2, 0) is 0 Å². The molecule has 0 spiro atoms. The van der Waals surface area contributed by atoms with Crippen molar-refractivity contribution in [1.29, 1.82) is 0 Å². The minimum Gasteiger partial charge on any atom is -0.493 e. The highest BCUT2D eigenvalue weighted by Gasteiger charge is 2.29. The van der Waals surface area contributed by atoms with Crippen molar-refractivity contribution in [3.63, 3.8) is 0 Å². The molecule has 2 aromatic rings. The zero-order chi connectivity index (χ0) is 15.0. The average Bonchev–Trinajstić information content (AvgIpc) is 2.94. The lowest BCUT2D eigenvalue weighted by Gasteiger charge is -2.25. The first-order chi connectivity index (χ1) is 10.1. The third-order valence-electron chi connectivity index (χ3n) is 4.05. The van der Waals surface area contributed by atoms with Gasteiger partial charge in [0.1, 0.15) is 0 Å². The molecule has 2 heterocycles. The van der Waals surface area contributed by atoms with E-state index >= 15 is 0 Å². The summed E-state index contributed by atoms with van der Waals surface area (Å²) in [6, 6.07) is 8.61. The van der Waals surface area contributed by atoms with E-state index in [9.17, 15) is 10.2 Å². The van der Waals surface area contributed by atoms with Gasteiger partial charge in [0.25, 0.3) is 0 Å². The van der Waals surface area contributed by atoms with Crippen LogP contribution in [0, 0.1) is 13.8 Å².